The minimum atomic E-state index is -0.162. The summed E-state index contributed by atoms with van der Waals surface area (Å²) in [5, 5.41) is 0. The van der Waals surface area contributed by atoms with E-state index in [1.165, 1.54) is 0 Å². The Morgan fingerprint density at radius 1 is 1.71 bits per heavy atom. The van der Waals surface area contributed by atoms with Crippen LogP contribution in [0.5, 0.6) is 0 Å². The molecule has 0 aliphatic heterocycles. The predicted molar refractivity (Wildman–Crippen MR) is 27.0 cm³/mol. The number of hydrogen-bond acceptors (Lipinski definition) is 1. The molecule has 0 saturated heterocycles. The third-order valence-corrected chi connectivity index (χ3v) is 0.490. The Kier molecular flexibility index (Phi) is 12.1. The first kappa shape index (κ1) is 11.3. The summed E-state index contributed by atoms with van der Waals surface area (Å²) in [6.45, 7) is 6.71. The number of rotatable bonds is 2. The summed E-state index contributed by atoms with van der Waals surface area (Å²) in [5.74, 6) is 0. The van der Waals surface area contributed by atoms with Crippen molar-refractivity contribution in [1.29, 1.82) is 0 Å². The van der Waals surface area contributed by atoms with E-state index in [9.17, 15) is 0 Å². The molecule has 1 atom stereocenters. The van der Waals surface area contributed by atoms with Crippen LogP contribution in [0.25, 0.3) is 0 Å². The summed E-state index contributed by atoms with van der Waals surface area (Å²) >= 11 is 0. The monoisotopic (exact) mass is 215 g/mol. The van der Waals surface area contributed by atoms with Gasteiger partial charge in [0.05, 0.1) is 0 Å². The Bertz CT molecular complexity index is 53.1. The van der Waals surface area contributed by atoms with Crippen LogP contribution in [0, 0.1) is 6.08 Å². The van der Waals surface area contributed by atoms with Crippen molar-refractivity contribution < 1.29 is 68.9 Å². The van der Waals surface area contributed by atoms with Crippen molar-refractivity contribution in [3.05, 3.63) is 25.3 Å². The molecular weight excluding hydrogens is 207 g/mol. The van der Waals surface area contributed by atoms with Gasteiger partial charge in [0.1, 0.15) is 0 Å². The molecule has 7 heavy (non-hydrogen) atoms. The van der Waals surface area contributed by atoms with Crippen molar-refractivity contribution in [1.82, 2.24) is 0 Å². The molecule has 0 heterocycles. The molecule has 0 amide bonds. The van der Waals surface area contributed by atoms with Crippen LogP contribution < -0.4 is 74.6 Å². The van der Waals surface area contributed by atoms with Crippen molar-refractivity contribution >= 4 is 0 Å². The first-order chi connectivity index (χ1) is 2.81. The Morgan fingerprint density at radius 2 is 2.14 bits per heavy atom. The fourth-order valence-corrected chi connectivity index (χ4v) is 0.0833. The van der Waals surface area contributed by atoms with Crippen molar-refractivity contribution in [2.45, 2.75) is 6.04 Å². The van der Waals surface area contributed by atoms with Crippen LogP contribution in [0.2, 0.25) is 0 Å². The molecule has 0 saturated carbocycles. The van der Waals surface area contributed by atoms with Gasteiger partial charge in [-0.25, -0.2) is 0 Å². The van der Waals surface area contributed by atoms with Crippen molar-refractivity contribution in [3.63, 3.8) is 0 Å². The quantitative estimate of drug-likeness (QED) is 0.399. The molecule has 1 unspecified atom stereocenters. The van der Waals surface area contributed by atoms with E-state index >= 15 is 0 Å². The molecule has 34 valence electrons. The van der Waals surface area contributed by atoms with Gasteiger partial charge in [-0.1, -0.05) is 0 Å². The zero-order chi connectivity index (χ0) is 4.99. The fourth-order valence-electron chi connectivity index (χ4n) is 0.0833. The maximum absolute atomic E-state index is 5.18. The molecule has 0 radical (unpaired) electrons. The van der Waals surface area contributed by atoms with E-state index in [1.807, 2.05) is 0 Å². The third kappa shape index (κ3) is 7.49. The molecule has 0 aromatic rings. The third-order valence-electron chi connectivity index (χ3n) is 0.490. The maximum Gasteiger partial charge on any atom is 1.00 e. The molecule has 2 N–H and O–H groups in total. The van der Waals surface area contributed by atoms with Crippen LogP contribution in [-0.4, -0.2) is 6.04 Å². The predicted octanol–water partition coefficient (Wildman–Crippen LogP) is -2.51. The van der Waals surface area contributed by atoms with Crippen molar-refractivity contribution in [2.75, 3.05) is 0 Å². The van der Waals surface area contributed by atoms with Crippen LogP contribution in [0.1, 0.15) is 0 Å². The minimum absolute atomic E-state index is 0. The Balaban J connectivity index is 0. The van der Waals surface area contributed by atoms with Crippen LogP contribution >= 0.6 is 0 Å². The summed E-state index contributed by atoms with van der Waals surface area (Å²) in [6.07, 6.45) is 4.10. The van der Waals surface area contributed by atoms with Gasteiger partial charge in [-0.15, -0.1) is 18.7 Å². The number of hydrogen-bond donors (Lipinski definition) is 1. The van der Waals surface area contributed by atoms with Crippen LogP contribution in [-0.2, 0) is 0 Å². The second kappa shape index (κ2) is 7.49. The average molecular weight is 215 g/mol. The van der Waals surface area contributed by atoms with Gasteiger partial charge in [0.25, 0.3) is 0 Å². The molecule has 0 aromatic heterocycles. The van der Waals surface area contributed by atoms with E-state index in [0.29, 0.717) is 0 Å². The molecule has 0 bridgehead atoms. The Hall–Kier alpha value is 1.49. The summed E-state index contributed by atoms with van der Waals surface area (Å²) in [7, 11) is 0. The van der Waals surface area contributed by atoms with Crippen molar-refractivity contribution in [2.24, 2.45) is 5.73 Å². The van der Waals surface area contributed by atoms with Gasteiger partial charge >= 0.3 is 68.9 Å². The first-order valence-corrected chi connectivity index (χ1v) is 1.72. The van der Waals surface area contributed by atoms with Gasteiger partial charge < -0.3 is 11.8 Å². The molecule has 0 aliphatic rings. The van der Waals surface area contributed by atoms with Crippen molar-refractivity contribution in [3.8, 4) is 0 Å². The zero-order valence-electron chi connectivity index (χ0n) is 4.65. The number of nitrogens with two attached hydrogens (primary N) is 1. The van der Waals surface area contributed by atoms with Gasteiger partial charge in [0.2, 0.25) is 0 Å². The van der Waals surface area contributed by atoms with Gasteiger partial charge in [0, 0.05) is 0 Å². The summed E-state index contributed by atoms with van der Waals surface area (Å²) in [5.41, 5.74) is 5.18. The Labute approximate surface area is 103 Å². The standard InChI is InChI=1S/C5H8N.Cs/c1-3-5(6)4-2;/h3,5H,1-2,6H2;/q-1;+1. The van der Waals surface area contributed by atoms with E-state index < -0.39 is 0 Å². The second-order valence-corrected chi connectivity index (χ2v) is 0.966. The van der Waals surface area contributed by atoms with E-state index in [2.05, 4.69) is 19.2 Å². The van der Waals surface area contributed by atoms with E-state index in [0.717, 1.165) is 0 Å². The maximum atomic E-state index is 5.18. The second-order valence-electron chi connectivity index (χ2n) is 0.966. The molecule has 0 fully saturated rings. The van der Waals surface area contributed by atoms with E-state index in [-0.39, 0.29) is 74.9 Å². The molecular formula is C5H8CsN. The largest absolute Gasteiger partial charge is 1.00 e. The molecule has 1 nitrogen and oxygen atoms in total. The SMILES string of the molecule is C=[C-]C(N)C=C.[Cs+]. The molecule has 0 aliphatic carbocycles. The first-order valence-electron chi connectivity index (χ1n) is 1.72. The molecule has 0 rings (SSSR count). The molecule has 2 heteroatoms. The fraction of sp³-hybridized carbons (Fsp3) is 0.200. The van der Waals surface area contributed by atoms with Crippen LogP contribution in [0.15, 0.2) is 19.2 Å². The summed E-state index contributed by atoms with van der Waals surface area (Å²) in [4.78, 5) is 0. The van der Waals surface area contributed by atoms with E-state index in [4.69, 9.17) is 5.73 Å². The normalized spacial score (nSPS) is 11.0. The van der Waals surface area contributed by atoms with Gasteiger partial charge in [-0.05, 0) is 0 Å². The van der Waals surface area contributed by atoms with E-state index in [1.54, 1.807) is 6.08 Å². The smallest absolute Gasteiger partial charge is 0.483 e. The Morgan fingerprint density at radius 3 is 2.14 bits per heavy atom. The minimum Gasteiger partial charge on any atom is -0.483 e. The summed E-state index contributed by atoms with van der Waals surface area (Å²) in [6, 6.07) is -0.162. The van der Waals surface area contributed by atoms with Gasteiger partial charge in [-0.3, -0.25) is 6.58 Å². The molecule has 0 spiro atoms. The van der Waals surface area contributed by atoms with Gasteiger partial charge in [0.15, 0.2) is 0 Å². The summed E-state index contributed by atoms with van der Waals surface area (Å²) < 4.78 is 0. The van der Waals surface area contributed by atoms with Crippen LogP contribution in [0.4, 0.5) is 0 Å². The average Bonchev–Trinajstić information content (AvgIpc) is 1.65. The van der Waals surface area contributed by atoms with Gasteiger partial charge in [-0.2, -0.15) is 0 Å². The topological polar surface area (TPSA) is 26.0 Å². The zero-order valence-corrected chi connectivity index (χ0v) is 10.9. The molecule has 0 aromatic carbocycles. The van der Waals surface area contributed by atoms with Crippen LogP contribution in [0.3, 0.4) is 0 Å².